The topological polar surface area (TPSA) is 49.3 Å². The summed E-state index contributed by atoms with van der Waals surface area (Å²) >= 11 is 0. The van der Waals surface area contributed by atoms with E-state index in [-0.39, 0.29) is 5.56 Å². The molecular weight excluding hydrogens is 295 g/mol. The molecule has 0 spiro atoms. The average Bonchev–Trinajstić information content (AvgIpc) is 2.47. The Hall–Kier alpha value is -2.50. The van der Waals surface area contributed by atoms with E-state index in [1.165, 1.54) is 18.2 Å². The number of hydrogen-bond acceptors (Lipinski definition) is 2. The highest BCUT2D eigenvalue weighted by atomic mass is 19.4. The van der Waals surface area contributed by atoms with Gasteiger partial charge in [0, 0.05) is 12.2 Å². The number of aromatic carboxylic acids is 1. The summed E-state index contributed by atoms with van der Waals surface area (Å²) in [7, 11) is 0. The minimum atomic E-state index is -4.36. The zero-order chi connectivity index (χ0) is 16.2. The summed E-state index contributed by atoms with van der Waals surface area (Å²) in [6.07, 6.45) is -3.78. The maximum atomic E-state index is 12.6. The van der Waals surface area contributed by atoms with Gasteiger partial charge in [0.1, 0.15) is 0 Å². The molecule has 0 fully saturated rings. The fourth-order valence-corrected chi connectivity index (χ4v) is 1.97. The predicted octanol–water partition coefficient (Wildman–Crippen LogP) is 4.06. The maximum Gasteiger partial charge on any atom is 0.416 e. The third-order valence-corrected chi connectivity index (χ3v) is 3.13. The Morgan fingerprint density at radius 2 is 1.77 bits per heavy atom. The second kappa shape index (κ2) is 6.51. The smallest absolute Gasteiger partial charge is 0.416 e. The molecule has 0 aromatic heterocycles. The Morgan fingerprint density at radius 3 is 2.36 bits per heavy atom. The van der Waals surface area contributed by atoms with E-state index in [0.717, 1.165) is 17.7 Å². The van der Waals surface area contributed by atoms with E-state index in [1.54, 1.807) is 18.2 Å². The van der Waals surface area contributed by atoms with Gasteiger partial charge in [0.15, 0.2) is 0 Å². The number of halogens is 3. The molecule has 0 amide bonds. The highest BCUT2D eigenvalue weighted by Crippen LogP contribution is 2.30. The van der Waals surface area contributed by atoms with E-state index < -0.39 is 17.7 Å². The van der Waals surface area contributed by atoms with Crippen LogP contribution in [0.15, 0.2) is 48.5 Å². The summed E-state index contributed by atoms with van der Waals surface area (Å²) in [5.74, 6) is -0.992. The molecule has 22 heavy (non-hydrogen) atoms. The first-order valence-corrected chi connectivity index (χ1v) is 6.59. The molecule has 0 unspecified atom stereocenters. The summed E-state index contributed by atoms with van der Waals surface area (Å²) in [6, 6.07) is 11.4. The van der Waals surface area contributed by atoms with Crippen molar-refractivity contribution in [2.75, 3.05) is 11.9 Å². The number of anilines is 1. The SMILES string of the molecule is O=C(O)c1ccc(CCNc2cccc(C(F)(F)F)c2)cc1. The summed E-state index contributed by atoms with van der Waals surface area (Å²) in [5, 5.41) is 11.7. The third kappa shape index (κ3) is 4.25. The van der Waals surface area contributed by atoms with E-state index in [0.29, 0.717) is 18.7 Å². The standard InChI is InChI=1S/C16H14F3NO2/c17-16(18,19)13-2-1-3-14(10-13)20-9-8-11-4-6-12(7-5-11)15(21)22/h1-7,10,20H,8-9H2,(H,21,22). The van der Waals surface area contributed by atoms with Gasteiger partial charge in [0.2, 0.25) is 0 Å². The molecule has 2 aromatic carbocycles. The van der Waals surface area contributed by atoms with Gasteiger partial charge in [-0.15, -0.1) is 0 Å². The number of alkyl halides is 3. The van der Waals surface area contributed by atoms with Crippen molar-refractivity contribution in [1.82, 2.24) is 0 Å². The van der Waals surface area contributed by atoms with Crippen molar-refractivity contribution in [3.63, 3.8) is 0 Å². The van der Waals surface area contributed by atoms with Crippen LogP contribution in [-0.2, 0) is 12.6 Å². The number of nitrogens with one attached hydrogen (secondary N) is 1. The van der Waals surface area contributed by atoms with Crippen LogP contribution in [0.2, 0.25) is 0 Å². The molecule has 0 atom stereocenters. The number of carbonyl (C=O) groups is 1. The number of benzene rings is 2. The fourth-order valence-electron chi connectivity index (χ4n) is 1.97. The lowest BCUT2D eigenvalue weighted by molar-refractivity contribution is -0.137. The van der Waals surface area contributed by atoms with E-state index in [9.17, 15) is 18.0 Å². The third-order valence-electron chi connectivity index (χ3n) is 3.13. The molecule has 2 aromatic rings. The van der Waals surface area contributed by atoms with Crippen molar-refractivity contribution < 1.29 is 23.1 Å². The molecule has 0 saturated carbocycles. The summed E-state index contributed by atoms with van der Waals surface area (Å²) in [5.41, 5.74) is 0.819. The molecule has 0 bridgehead atoms. The number of carboxylic acid groups (broad SMARTS) is 1. The van der Waals surface area contributed by atoms with Crippen molar-refractivity contribution in [2.24, 2.45) is 0 Å². The molecule has 2 rings (SSSR count). The lowest BCUT2D eigenvalue weighted by atomic mass is 10.1. The minimum absolute atomic E-state index is 0.203. The molecular formula is C16H14F3NO2. The van der Waals surface area contributed by atoms with Crippen LogP contribution in [-0.4, -0.2) is 17.6 Å². The van der Waals surface area contributed by atoms with Crippen LogP contribution < -0.4 is 5.32 Å². The van der Waals surface area contributed by atoms with Gasteiger partial charge in [0.25, 0.3) is 0 Å². The van der Waals surface area contributed by atoms with Crippen molar-refractivity contribution >= 4 is 11.7 Å². The molecule has 0 saturated heterocycles. The van der Waals surface area contributed by atoms with Crippen LogP contribution in [0, 0.1) is 0 Å². The van der Waals surface area contributed by atoms with Gasteiger partial charge < -0.3 is 10.4 Å². The Labute approximate surface area is 125 Å². The number of rotatable bonds is 5. The molecule has 0 aliphatic rings. The van der Waals surface area contributed by atoms with Crippen molar-refractivity contribution in [1.29, 1.82) is 0 Å². The van der Waals surface area contributed by atoms with Gasteiger partial charge in [0.05, 0.1) is 11.1 Å². The summed E-state index contributed by atoms with van der Waals surface area (Å²) in [4.78, 5) is 10.7. The second-order valence-corrected chi connectivity index (χ2v) is 4.76. The van der Waals surface area contributed by atoms with Gasteiger partial charge >= 0.3 is 12.1 Å². The minimum Gasteiger partial charge on any atom is -0.478 e. The number of hydrogen-bond donors (Lipinski definition) is 2. The lowest BCUT2D eigenvalue weighted by Gasteiger charge is -2.10. The molecule has 3 nitrogen and oxygen atoms in total. The summed E-state index contributed by atoms with van der Waals surface area (Å²) in [6.45, 7) is 0.452. The van der Waals surface area contributed by atoms with Gasteiger partial charge in [-0.25, -0.2) is 4.79 Å². The zero-order valence-corrected chi connectivity index (χ0v) is 11.5. The monoisotopic (exact) mass is 309 g/mol. The maximum absolute atomic E-state index is 12.6. The summed E-state index contributed by atoms with van der Waals surface area (Å²) < 4.78 is 37.7. The fraction of sp³-hybridized carbons (Fsp3) is 0.188. The van der Waals surface area contributed by atoms with Crippen LogP contribution >= 0.6 is 0 Å². The molecule has 2 N–H and O–H groups in total. The number of carboxylic acids is 1. The Kier molecular flexibility index (Phi) is 4.70. The Bertz CT molecular complexity index is 651. The average molecular weight is 309 g/mol. The van der Waals surface area contributed by atoms with E-state index in [2.05, 4.69) is 5.32 Å². The van der Waals surface area contributed by atoms with Crippen LogP contribution in [0.1, 0.15) is 21.5 Å². The lowest BCUT2D eigenvalue weighted by Crippen LogP contribution is -2.08. The van der Waals surface area contributed by atoms with Gasteiger partial charge in [-0.2, -0.15) is 13.2 Å². The van der Waals surface area contributed by atoms with Gasteiger partial charge in [-0.3, -0.25) is 0 Å². The zero-order valence-electron chi connectivity index (χ0n) is 11.5. The first kappa shape index (κ1) is 15.9. The van der Waals surface area contributed by atoms with Crippen LogP contribution in [0.4, 0.5) is 18.9 Å². The highest BCUT2D eigenvalue weighted by molar-refractivity contribution is 5.87. The van der Waals surface area contributed by atoms with Gasteiger partial charge in [-0.05, 0) is 42.3 Å². The van der Waals surface area contributed by atoms with E-state index in [1.807, 2.05) is 0 Å². The second-order valence-electron chi connectivity index (χ2n) is 4.76. The quantitative estimate of drug-likeness (QED) is 0.875. The first-order chi connectivity index (χ1) is 10.4. The predicted molar refractivity (Wildman–Crippen MR) is 77.0 cm³/mol. The van der Waals surface area contributed by atoms with Crippen LogP contribution in [0.5, 0.6) is 0 Å². The van der Waals surface area contributed by atoms with E-state index in [4.69, 9.17) is 5.11 Å². The van der Waals surface area contributed by atoms with Crippen LogP contribution in [0.25, 0.3) is 0 Å². The molecule has 0 aliphatic heterocycles. The molecule has 6 heteroatoms. The Morgan fingerprint density at radius 1 is 1.09 bits per heavy atom. The molecule has 116 valence electrons. The molecule has 0 radical (unpaired) electrons. The molecule has 0 heterocycles. The Balaban J connectivity index is 1.92. The van der Waals surface area contributed by atoms with Crippen molar-refractivity contribution in [3.8, 4) is 0 Å². The van der Waals surface area contributed by atoms with Crippen molar-refractivity contribution in [2.45, 2.75) is 12.6 Å². The van der Waals surface area contributed by atoms with Gasteiger partial charge in [-0.1, -0.05) is 18.2 Å². The van der Waals surface area contributed by atoms with Crippen LogP contribution in [0.3, 0.4) is 0 Å². The first-order valence-electron chi connectivity index (χ1n) is 6.59. The van der Waals surface area contributed by atoms with E-state index >= 15 is 0 Å². The van der Waals surface area contributed by atoms with Crippen molar-refractivity contribution in [3.05, 3.63) is 65.2 Å². The largest absolute Gasteiger partial charge is 0.478 e. The normalized spacial score (nSPS) is 11.2. The molecule has 0 aliphatic carbocycles. The highest BCUT2D eigenvalue weighted by Gasteiger charge is 2.30.